The van der Waals surface area contributed by atoms with E-state index in [9.17, 15) is 17.6 Å². The largest absolute Gasteiger partial charge is 0.339 e. The Morgan fingerprint density at radius 1 is 1.31 bits per heavy atom. The van der Waals surface area contributed by atoms with E-state index in [4.69, 9.17) is 0 Å². The van der Waals surface area contributed by atoms with Gasteiger partial charge in [0.1, 0.15) is 5.82 Å². The van der Waals surface area contributed by atoms with Crippen molar-refractivity contribution in [2.45, 2.75) is 37.1 Å². The molecule has 9 heteroatoms. The number of halogens is 2. The number of sulfonamides is 1. The summed E-state index contributed by atoms with van der Waals surface area (Å²) in [7, 11) is -3.83. The number of carbonyl (C=O) groups is 1. The van der Waals surface area contributed by atoms with Gasteiger partial charge in [-0.1, -0.05) is 6.92 Å². The van der Waals surface area contributed by atoms with Crippen molar-refractivity contribution < 1.29 is 17.6 Å². The molecule has 6 nitrogen and oxygen atoms in total. The van der Waals surface area contributed by atoms with Gasteiger partial charge in [0.25, 0.3) is 5.91 Å². The van der Waals surface area contributed by atoms with Crippen molar-refractivity contribution in [1.29, 1.82) is 0 Å². The van der Waals surface area contributed by atoms with E-state index in [1.54, 1.807) is 4.90 Å². The second kappa shape index (κ2) is 8.65. The monoisotopic (exact) mass is 405 g/mol. The molecule has 3 rings (SSSR count). The number of rotatable bonds is 4. The Hall–Kier alpha value is -1.22. The van der Waals surface area contributed by atoms with Crippen LogP contribution < -0.4 is 10.0 Å². The van der Waals surface area contributed by atoms with Crippen LogP contribution in [0.4, 0.5) is 4.39 Å². The van der Waals surface area contributed by atoms with Crippen LogP contribution in [0.5, 0.6) is 0 Å². The van der Waals surface area contributed by atoms with Crippen molar-refractivity contribution in [3.05, 3.63) is 29.6 Å². The van der Waals surface area contributed by atoms with Crippen LogP contribution in [-0.4, -0.2) is 51.4 Å². The summed E-state index contributed by atoms with van der Waals surface area (Å²) in [6, 6.07) is 3.28. The highest BCUT2D eigenvalue weighted by Gasteiger charge is 2.28. The third kappa shape index (κ3) is 4.54. The fraction of sp³-hybridized carbons (Fsp3) is 0.588. The quantitative estimate of drug-likeness (QED) is 0.800. The highest BCUT2D eigenvalue weighted by Crippen LogP contribution is 2.20. The molecule has 0 aromatic heterocycles. The molecular weight excluding hydrogens is 381 g/mol. The molecule has 146 valence electrons. The van der Waals surface area contributed by atoms with Gasteiger partial charge in [-0.25, -0.2) is 17.5 Å². The molecule has 0 aliphatic carbocycles. The van der Waals surface area contributed by atoms with E-state index >= 15 is 0 Å². The first-order valence-electron chi connectivity index (χ1n) is 8.70. The summed E-state index contributed by atoms with van der Waals surface area (Å²) in [5, 5.41) is 3.15. The summed E-state index contributed by atoms with van der Waals surface area (Å²) in [5.41, 5.74) is -0.0754. The van der Waals surface area contributed by atoms with Crippen molar-refractivity contribution in [1.82, 2.24) is 14.9 Å². The normalized spacial score (nSPS) is 23.5. The summed E-state index contributed by atoms with van der Waals surface area (Å²) >= 11 is 0. The van der Waals surface area contributed by atoms with Crippen LogP contribution in [0.1, 0.15) is 36.5 Å². The van der Waals surface area contributed by atoms with Crippen molar-refractivity contribution in [3.63, 3.8) is 0 Å². The van der Waals surface area contributed by atoms with E-state index in [1.807, 2.05) is 6.92 Å². The molecule has 26 heavy (non-hydrogen) atoms. The Morgan fingerprint density at radius 3 is 2.62 bits per heavy atom. The van der Waals surface area contributed by atoms with Gasteiger partial charge in [0.05, 0.1) is 10.5 Å². The summed E-state index contributed by atoms with van der Waals surface area (Å²) in [5.74, 6) is -0.969. The number of hydrogen-bond acceptors (Lipinski definition) is 4. The molecule has 2 N–H and O–H groups in total. The van der Waals surface area contributed by atoms with Crippen LogP contribution in [0, 0.1) is 11.7 Å². The number of hydrogen-bond donors (Lipinski definition) is 2. The highest BCUT2D eigenvalue weighted by molar-refractivity contribution is 7.89. The Kier molecular flexibility index (Phi) is 7.01. The summed E-state index contributed by atoms with van der Waals surface area (Å²) in [6.07, 6.45) is 2.71. The molecule has 2 atom stereocenters. The van der Waals surface area contributed by atoms with Crippen LogP contribution in [0.15, 0.2) is 23.1 Å². The lowest BCUT2D eigenvalue weighted by Crippen LogP contribution is -2.50. The molecular formula is C17H25ClFN3O3S. The van der Waals surface area contributed by atoms with E-state index in [-0.39, 0.29) is 40.7 Å². The third-order valence-corrected chi connectivity index (χ3v) is 6.50. The zero-order valence-electron chi connectivity index (χ0n) is 14.7. The van der Waals surface area contributed by atoms with Crippen molar-refractivity contribution in [2.24, 2.45) is 5.92 Å². The fourth-order valence-corrected chi connectivity index (χ4v) is 4.70. The third-order valence-electron chi connectivity index (χ3n) is 5.01. The molecule has 2 unspecified atom stereocenters. The first-order chi connectivity index (χ1) is 11.9. The molecule has 0 saturated carbocycles. The predicted octanol–water partition coefficient (Wildman–Crippen LogP) is 1.76. The highest BCUT2D eigenvalue weighted by atomic mass is 35.5. The average Bonchev–Trinajstić information content (AvgIpc) is 3.10. The Morgan fingerprint density at radius 2 is 2.00 bits per heavy atom. The maximum Gasteiger partial charge on any atom is 0.256 e. The van der Waals surface area contributed by atoms with Gasteiger partial charge in [0.15, 0.2) is 0 Å². The summed E-state index contributed by atoms with van der Waals surface area (Å²) in [4.78, 5) is 13.7. The number of nitrogens with one attached hydrogen (secondary N) is 2. The molecule has 2 fully saturated rings. The van der Waals surface area contributed by atoms with Crippen LogP contribution in [0.2, 0.25) is 0 Å². The lowest BCUT2D eigenvalue weighted by Gasteiger charge is -2.30. The number of likely N-dealkylation sites (tertiary alicyclic amines) is 1. The number of carbonyl (C=O) groups excluding carboxylic acids is 1. The van der Waals surface area contributed by atoms with Crippen LogP contribution in [-0.2, 0) is 10.0 Å². The summed E-state index contributed by atoms with van der Waals surface area (Å²) in [6.45, 7) is 4.64. The molecule has 0 bridgehead atoms. The summed E-state index contributed by atoms with van der Waals surface area (Å²) < 4.78 is 42.1. The lowest BCUT2D eigenvalue weighted by molar-refractivity contribution is 0.0788. The minimum absolute atomic E-state index is 0. The van der Waals surface area contributed by atoms with Gasteiger partial charge in [0, 0.05) is 25.7 Å². The SMILES string of the molecule is CC1CCNCC1NS(=O)(=O)c1ccc(C(=O)N2CCCC2)c(F)c1.Cl. The minimum atomic E-state index is -3.83. The number of nitrogens with zero attached hydrogens (tertiary/aromatic N) is 1. The molecule has 2 aliphatic rings. The number of amides is 1. The van der Waals surface area contributed by atoms with Crippen LogP contribution >= 0.6 is 12.4 Å². The number of benzene rings is 1. The molecule has 1 aromatic rings. The molecule has 2 aliphatic heterocycles. The van der Waals surface area contributed by atoms with E-state index in [2.05, 4.69) is 10.0 Å². The van der Waals surface area contributed by atoms with Gasteiger partial charge in [-0.15, -0.1) is 12.4 Å². The van der Waals surface area contributed by atoms with Crippen LogP contribution in [0.25, 0.3) is 0 Å². The molecule has 2 saturated heterocycles. The second-order valence-electron chi connectivity index (χ2n) is 6.84. The van der Waals surface area contributed by atoms with Gasteiger partial charge < -0.3 is 10.2 Å². The van der Waals surface area contributed by atoms with Gasteiger partial charge in [-0.2, -0.15) is 0 Å². The molecule has 1 amide bonds. The van der Waals surface area contributed by atoms with Crippen molar-refractivity contribution in [2.75, 3.05) is 26.2 Å². The van der Waals surface area contributed by atoms with Crippen molar-refractivity contribution in [3.8, 4) is 0 Å². The zero-order chi connectivity index (χ0) is 18.0. The molecule has 0 spiro atoms. The Bertz CT molecular complexity index is 754. The minimum Gasteiger partial charge on any atom is -0.339 e. The van der Waals surface area contributed by atoms with Crippen molar-refractivity contribution >= 4 is 28.3 Å². The Labute approximate surface area is 160 Å². The van der Waals surface area contributed by atoms with E-state index in [0.29, 0.717) is 19.6 Å². The van der Waals surface area contributed by atoms with Gasteiger partial charge in [-0.05, 0) is 49.9 Å². The lowest BCUT2D eigenvalue weighted by atomic mass is 9.96. The maximum absolute atomic E-state index is 14.4. The van der Waals surface area contributed by atoms with E-state index in [1.165, 1.54) is 12.1 Å². The predicted molar refractivity (Wildman–Crippen MR) is 99.5 cm³/mol. The first kappa shape index (κ1) is 21.1. The second-order valence-corrected chi connectivity index (χ2v) is 8.55. The van der Waals surface area contributed by atoms with E-state index in [0.717, 1.165) is 31.9 Å². The molecule has 0 radical (unpaired) electrons. The number of piperidine rings is 1. The Balaban J connectivity index is 0.00000243. The van der Waals surface area contributed by atoms with Crippen LogP contribution in [0.3, 0.4) is 0 Å². The van der Waals surface area contributed by atoms with Gasteiger partial charge >= 0.3 is 0 Å². The van der Waals surface area contributed by atoms with E-state index < -0.39 is 15.8 Å². The standard InChI is InChI=1S/C17H24FN3O3S.ClH/c1-12-6-7-19-11-16(12)20-25(23,24)13-4-5-14(15(18)10-13)17(22)21-8-2-3-9-21;/h4-5,10,12,16,19-20H,2-3,6-9,11H2,1H3;1H. The average molecular weight is 406 g/mol. The fourth-order valence-electron chi connectivity index (χ4n) is 3.34. The smallest absolute Gasteiger partial charge is 0.256 e. The zero-order valence-corrected chi connectivity index (χ0v) is 16.3. The topological polar surface area (TPSA) is 78.5 Å². The molecule has 1 aromatic carbocycles. The maximum atomic E-state index is 14.4. The van der Waals surface area contributed by atoms with Gasteiger partial charge in [0.2, 0.25) is 10.0 Å². The first-order valence-corrected chi connectivity index (χ1v) is 10.2. The van der Waals surface area contributed by atoms with Gasteiger partial charge in [-0.3, -0.25) is 4.79 Å². The molecule has 2 heterocycles.